The average Bonchev–Trinajstić information content (AvgIpc) is 3.34. The maximum absolute atomic E-state index is 13.7. The highest BCUT2D eigenvalue weighted by atomic mass is 19.1. The first-order valence-electron chi connectivity index (χ1n) is 14.0. The third-order valence-electron chi connectivity index (χ3n) is 7.29. The lowest BCUT2D eigenvalue weighted by molar-refractivity contribution is -0.108. The van der Waals surface area contributed by atoms with E-state index in [1.165, 1.54) is 12.1 Å². The molecule has 0 saturated heterocycles. The summed E-state index contributed by atoms with van der Waals surface area (Å²) < 4.78 is 26.0. The SMILES string of the molecule is CCCOc1cc2oc(-c3ccc(F)cc3)c(C(=O)CC)c2cc1-c1ccc(C)c(C(=O)CC(C)(C)C(=N)NC=O)c1. The summed E-state index contributed by atoms with van der Waals surface area (Å²) in [5.74, 6) is 0.195. The van der Waals surface area contributed by atoms with E-state index in [0.717, 1.165) is 17.5 Å². The van der Waals surface area contributed by atoms with Crippen molar-refractivity contribution in [1.82, 2.24) is 5.32 Å². The van der Waals surface area contributed by atoms with Gasteiger partial charge in [0.15, 0.2) is 11.6 Å². The van der Waals surface area contributed by atoms with E-state index in [9.17, 15) is 18.8 Å². The molecule has 1 aromatic heterocycles. The molecular formula is C34H35FN2O5. The minimum atomic E-state index is -0.877. The van der Waals surface area contributed by atoms with Crippen molar-refractivity contribution >= 4 is 34.8 Å². The third-order valence-corrected chi connectivity index (χ3v) is 7.29. The van der Waals surface area contributed by atoms with Crippen LogP contribution >= 0.6 is 0 Å². The van der Waals surface area contributed by atoms with Crippen molar-refractivity contribution < 1.29 is 27.9 Å². The van der Waals surface area contributed by atoms with Crippen LogP contribution < -0.4 is 10.1 Å². The van der Waals surface area contributed by atoms with E-state index in [1.54, 1.807) is 45.0 Å². The van der Waals surface area contributed by atoms with Crippen molar-refractivity contribution in [3.63, 3.8) is 0 Å². The first-order chi connectivity index (χ1) is 20.0. The van der Waals surface area contributed by atoms with Crippen LogP contribution in [0, 0.1) is 23.6 Å². The number of carbonyl (C=O) groups excluding carboxylic acids is 3. The Hall–Kier alpha value is -4.59. The van der Waals surface area contributed by atoms with Crippen LogP contribution in [-0.4, -0.2) is 30.4 Å². The highest BCUT2D eigenvalue weighted by Crippen LogP contribution is 2.42. The average molecular weight is 571 g/mol. The number of carbonyl (C=O) groups is 3. The molecule has 0 aliphatic rings. The van der Waals surface area contributed by atoms with Crippen LogP contribution in [0.3, 0.4) is 0 Å². The van der Waals surface area contributed by atoms with E-state index in [-0.39, 0.29) is 36.1 Å². The molecule has 0 spiro atoms. The zero-order valence-corrected chi connectivity index (χ0v) is 24.5. The molecule has 0 saturated carbocycles. The Balaban J connectivity index is 1.88. The van der Waals surface area contributed by atoms with E-state index >= 15 is 0 Å². The lowest BCUT2D eigenvalue weighted by atomic mass is 9.83. The van der Waals surface area contributed by atoms with Crippen LogP contribution in [-0.2, 0) is 4.79 Å². The molecular weight excluding hydrogens is 535 g/mol. The van der Waals surface area contributed by atoms with Gasteiger partial charge in [-0.05, 0) is 60.9 Å². The number of aryl methyl sites for hydroxylation is 1. The largest absolute Gasteiger partial charge is 0.493 e. The Bertz CT molecular complexity index is 1670. The molecule has 0 aliphatic carbocycles. The zero-order chi connectivity index (χ0) is 30.6. The fourth-order valence-electron chi connectivity index (χ4n) is 4.87. The number of furan rings is 1. The quantitative estimate of drug-likeness (QED) is 0.0778. The summed E-state index contributed by atoms with van der Waals surface area (Å²) in [6, 6.07) is 15.0. The summed E-state index contributed by atoms with van der Waals surface area (Å²) in [6.07, 6.45) is 1.47. The fraction of sp³-hybridized carbons (Fsp3) is 0.294. The lowest BCUT2D eigenvalue weighted by Crippen LogP contribution is -2.37. The summed E-state index contributed by atoms with van der Waals surface area (Å²) in [4.78, 5) is 37.6. The molecule has 8 heteroatoms. The predicted octanol–water partition coefficient (Wildman–Crippen LogP) is 7.92. The second-order valence-corrected chi connectivity index (χ2v) is 10.9. The highest BCUT2D eigenvalue weighted by Gasteiger charge is 2.29. The monoisotopic (exact) mass is 570 g/mol. The van der Waals surface area contributed by atoms with E-state index in [0.29, 0.717) is 57.7 Å². The number of amidine groups is 1. The molecule has 4 rings (SSSR count). The number of halogens is 1. The molecule has 3 aromatic carbocycles. The number of fused-ring (bicyclic) bond motifs is 1. The van der Waals surface area contributed by atoms with Gasteiger partial charge in [0, 0.05) is 46.4 Å². The van der Waals surface area contributed by atoms with Crippen molar-refractivity contribution in [3.8, 4) is 28.2 Å². The summed E-state index contributed by atoms with van der Waals surface area (Å²) in [5, 5.41) is 11.1. The number of hydrogen-bond acceptors (Lipinski definition) is 6. The van der Waals surface area contributed by atoms with Crippen LogP contribution in [0.1, 0.15) is 73.2 Å². The van der Waals surface area contributed by atoms with Gasteiger partial charge in [-0.25, -0.2) is 4.39 Å². The smallest absolute Gasteiger partial charge is 0.212 e. The van der Waals surface area contributed by atoms with Gasteiger partial charge in [-0.3, -0.25) is 19.8 Å². The van der Waals surface area contributed by atoms with Crippen molar-refractivity contribution in [1.29, 1.82) is 5.41 Å². The molecule has 1 heterocycles. The highest BCUT2D eigenvalue weighted by molar-refractivity contribution is 6.13. The topological polar surface area (TPSA) is 109 Å². The molecule has 0 radical (unpaired) electrons. The van der Waals surface area contributed by atoms with Crippen LogP contribution in [0.25, 0.3) is 33.4 Å². The Morgan fingerprint density at radius 3 is 2.36 bits per heavy atom. The second kappa shape index (κ2) is 12.5. The number of ketones is 2. The van der Waals surface area contributed by atoms with E-state index in [1.807, 2.05) is 32.0 Å². The third kappa shape index (κ3) is 6.17. The molecule has 2 N–H and O–H groups in total. The van der Waals surface area contributed by atoms with Gasteiger partial charge < -0.3 is 14.5 Å². The molecule has 0 aliphatic heterocycles. The molecule has 7 nitrogen and oxygen atoms in total. The van der Waals surface area contributed by atoms with Gasteiger partial charge in [-0.1, -0.05) is 39.8 Å². The number of benzene rings is 3. The Morgan fingerprint density at radius 1 is 1.02 bits per heavy atom. The van der Waals surface area contributed by atoms with Crippen molar-refractivity contribution in [2.24, 2.45) is 5.41 Å². The summed E-state index contributed by atoms with van der Waals surface area (Å²) in [5.41, 5.74) is 3.26. The minimum Gasteiger partial charge on any atom is -0.493 e. The number of hydrogen-bond donors (Lipinski definition) is 2. The number of ether oxygens (including phenoxy) is 1. The predicted molar refractivity (Wildman–Crippen MR) is 162 cm³/mol. The number of Topliss-reactive ketones (excluding diaryl/α,β-unsaturated/α-hetero) is 2. The van der Waals surface area contributed by atoms with E-state index < -0.39 is 5.41 Å². The maximum Gasteiger partial charge on any atom is 0.212 e. The van der Waals surface area contributed by atoms with Gasteiger partial charge in [-0.2, -0.15) is 0 Å². The minimum absolute atomic E-state index is 0.0209. The molecule has 0 unspecified atom stereocenters. The normalized spacial score (nSPS) is 11.4. The summed E-state index contributed by atoms with van der Waals surface area (Å²) in [7, 11) is 0. The molecule has 1 amide bonds. The van der Waals surface area contributed by atoms with Gasteiger partial charge >= 0.3 is 0 Å². The molecule has 0 fully saturated rings. The van der Waals surface area contributed by atoms with Crippen LogP contribution in [0.2, 0.25) is 0 Å². The fourth-order valence-corrected chi connectivity index (χ4v) is 4.87. The van der Waals surface area contributed by atoms with Crippen molar-refractivity contribution in [2.75, 3.05) is 6.61 Å². The molecule has 218 valence electrons. The van der Waals surface area contributed by atoms with Gasteiger partial charge in [0.1, 0.15) is 28.7 Å². The first kappa shape index (κ1) is 30.4. The van der Waals surface area contributed by atoms with Crippen molar-refractivity contribution in [2.45, 2.75) is 53.9 Å². The van der Waals surface area contributed by atoms with Crippen LogP contribution in [0.15, 0.2) is 59.0 Å². The second-order valence-electron chi connectivity index (χ2n) is 10.9. The number of rotatable bonds is 12. The Labute approximate surface area is 244 Å². The number of nitrogens with one attached hydrogen (secondary N) is 2. The van der Waals surface area contributed by atoms with E-state index in [4.69, 9.17) is 14.6 Å². The lowest BCUT2D eigenvalue weighted by Gasteiger charge is -2.24. The van der Waals surface area contributed by atoms with E-state index in [2.05, 4.69) is 5.32 Å². The van der Waals surface area contributed by atoms with Gasteiger partial charge in [-0.15, -0.1) is 0 Å². The number of amides is 1. The Morgan fingerprint density at radius 2 is 1.71 bits per heavy atom. The van der Waals surface area contributed by atoms with Gasteiger partial charge in [0.2, 0.25) is 6.41 Å². The van der Waals surface area contributed by atoms with Crippen molar-refractivity contribution in [3.05, 3.63) is 77.1 Å². The molecule has 0 atom stereocenters. The van der Waals surface area contributed by atoms with Gasteiger partial charge in [0.25, 0.3) is 0 Å². The Kier molecular flexibility index (Phi) is 9.05. The van der Waals surface area contributed by atoms with Crippen LogP contribution in [0.5, 0.6) is 5.75 Å². The maximum atomic E-state index is 13.7. The standard InChI is InChI=1S/C34H35FN2O5/c1-6-14-41-29-17-30-26(31(27(39)7-2)32(42-30)21-10-12-23(35)13-11-21)16-25(29)22-9-8-20(3)24(15-22)28(40)18-34(4,5)33(36)37-19-38/h8-13,15-17,19H,6-7,14,18H2,1-5H3,(H2,36,37,38). The van der Waals surface area contributed by atoms with Gasteiger partial charge in [0.05, 0.1) is 12.2 Å². The molecule has 0 bridgehead atoms. The summed E-state index contributed by atoms with van der Waals surface area (Å²) >= 11 is 0. The first-order valence-corrected chi connectivity index (χ1v) is 14.0. The molecule has 42 heavy (non-hydrogen) atoms. The zero-order valence-electron chi connectivity index (χ0n) is 24.5. The molecule has 4 aromatic rings. The van der Waals surface area contributed by atoms with Crippen LogP contribution in [0.4, 0.5) is 4.39 Å². The summed E-state index contributed by atoms with van der Waals surface area (Å²) in [6.45, 7) is 9.53.